The van der Waals surface area contributed by atoms with Crippen molar-refractivity contribution in [2.45, 2.75) is 44.7 Å². The third-order valence-electron chi connectivity index (χ3n) is 4.79. The second-order valence-corrected chi connectivity index (χ2v) is 7.02. The van der Waals surface area contributed by atoms with Crippen LogP contribution in [0.2, 0.25) is 0 Å². The number of para-hydroxylation sites is 1. The molecule has 0 saturated heterocycles. The van der Waals surface area contributed by atoms with Crippen molar-refractivity contribution in [1.82, 2.24) is 10.6 Å². The molecule has 0 bridgehead atoms. The smallest absolute Gasteiger partial charge is 0.315 e. The Morgan fingerprint density at radius 3 is 2.70 bits per heavy atom. The first-order valence-electron chi connectivity index (χ1n) is 8.48. The molecule has 1 unspecified atom stereocenters. The van der Waals surface area contributed by atoms with Gasteiger partial charge in [0.15, 0.2) is 0 Å². The van der Waals surface area contributed by atoms with E-state index in [0.29, 0.717) is 18.4 Å². The minimum absolute atomic E-state index is 0.0355. The molecule has 1 atom stereocenters. The van der Waals surface area contributed by atoms with Gasteiger partial charge in [0.2, 0.25) is 0 Å². The van der Waals surface area contributed by atoms with Crippen molar-refractivity contribution in [1.29, 1.82) is 0 Å². The van der Waals surface area contributed by atoms with Crippen LogP contribution in [0.1, 0.15) is 38.2 Å². The topological polar surface area (TPSA) is 70.6 Å². The highest BCUT2D eigenvalue weighted by Gasteiger charge is 2.42. The van der Waals surface area contributed by atoms with Crippen LogP contribution in [0.3, 0.4) is 0 Å². The van der Waals surface area contributed by atoms with Crippen LogP contribution in [-0.4, -0.2) is 29.9 Å². The third kappa shape index (κ3) is 4.38. The number of hydrogen-bond donors (Lipinski definition) is 3. The van der Waals surface area contributed by atoms with Gasteiger partial charge in [-0.3, -0.25) is 0 Å². The standard InChI is InChI=1S/C18H26N2O3/c1-18(12-21,15-8-9-15)20-17(22)19-10-14-4-2-3-5-16(14)23-11-13-6-7-13/h2-5,13,15,21H,6-12H2,1H3,(H2,19,20,22). The molecule has 0 aliphatic heterocycles. The number of aliphatic hydroxyl groups excluding tert-OH is 1. The molecule has 0 heterocycles. The van der Waals surface area contributed by atoms with Crippen LogP contribution >= 0.6 is 0 Å². The highest BCUT2D eigenvalue weighted by molar-refractivity contribution is 5.75. The Bertz CT molecular complexity index is 555. The zero-order valence-corrected chi connectivity index (χ0v) is 13.7. The number of benzene rings is 1. The van der Waals surface area contributed by atoms with Crippen LogP contribution in [0.4, 0.5) is 4.79 Å². The van der Waals surface area contributed by atoms with E-state index in [1.807, 2.05) is 31.2 Å². The van der Waals surface area contributed by atoms with Crippen molar-refractivity contribution in [2.75, 3.05) is 13.2 Å². The molecule has 0 radical (unpaired) electrons. The number of carbonyl (C=O) groups is 1. The van der Waals surface area contributed by atoms with Gasteiger partial charge in [0.25, 0.3) is 0 Å². The van der Waals surface area contributed by atoms with E-state index in [9.17, 15) is 9.90 Å². The van der Waals surface area contributed by atoms with Gasteiger partial charge in [-0.25, -0.2) is 4.79 Å². The van der Waals surface area contributed by atoms with Crippen LogP contribution in [-0.2, 0) is 6.54 Å². The van der Waals surface area contributed by atoms with Crippen molar-refractivity contribution >= 4 is 6.03 Å². The largest absolute Gasteiger partial charge is 0.493 e. The maximum absolute atomic E-state index is 12.1. The van der Waals surface area contributed by atoms with Crippen molar-refractivity contribution in [3.05, 3.63) is 29.8 Å². The molecule has 23 heavy (non-hydrogen) atoms. The number of nitrogens with one attached hydrogen (secondary N) is 2. The van der Waals surface area contributed by atoms with E-state index in [-0.39, 0.29) is 12.6 Å². The van der Waals surface area contributed by atoms with Crippen molar-refractivity contribution in [3.63, 3.8) is 0 Å². The molecule has 2 aliphatic rings. The molecule has 2 aliphatic carbocycles. The van der Waals surface area contributed by atoms with Gasteiger partial charge in [0.05, 0.1) is 18.8 Å². The summed E-state index contributed by atoms with van der Waals surface area (Å²) in [5, 5.41) is 15.3. The van der Waals surface area contributed by atoms with Gasteiger partial charge in [0.1, 0.15) is 5.75 Å². The highest BCUT2D eigenvalue weighted by Crippen LogP contribution is 2.39. The lowest BCUT2D eigenvalue weighted by atomic mass is 9.97. The van der Waals surface area contributed by atoms with Gasteiger partial charge in [0, 0.05) is 12.1 Å². The average molecular weight is 318 g/mol. The number of rotatable bonds is 8. The van der Waals surface area contributed by atoms with Crippen LogP contribution < -0.4 is 15.4 Å². The summed E-state index contributed by atoms with van der Waals surface area (Å²) < 4.78 is 5.85. The monoisotopic (exact) mass is 318 g/mol. The lowest BCUT2D eigenvalue weighted by Crippen LogP contribution is -2.53. The molecule has 1 aromatic rings. The number of urea groups is 1. The van der Waals surface area contributed by atoms with Crippen LogP contribution in [0.25, 0.3) is 0 Å². The summed E-state index contributed by atoms with van der Waals surface area (Å²) in [5.41, 5.74) is 0.451. The van der Waals surface area contributed by atoms with Crippen LogP contribution in [0.5, 0.6) is 5.75 Å². The molecule has 5 nitrogen and oxygen atoms in total. The minimum Gasteiger partial charge on any atom is -0.493 e. The van der Waals surface area contributed by atoms with E-state index in [4.69, 9.17) is 4.74 Å². The first-order valence-corrected chi connectivity index (χ1v) is 8.48. The van der Waals surface area contributed by atoms with Crippen molar-refractivity contribution in [3.8, 4) is 5.75 Å². The van der Waals surface area contributed by atoms with Crippen LogP contribution in [0, 0.1) is 11.8 Å². The van der Waals surface area contributed by atoms with Gasteiger partial charge in [-0.1, -0.05) is 18.2 Å². The molecule has 3 N–H and O–H groups in total. The fourth-order valence-corrected chi connectivity index (χ4v) is 2.75. The quantitative estimate of drug-likeness (QED) is 0.689. The fraction of sp³-hybridized carbons (Fsp3) is 0.611. The summed E-state index contributed by atoms with van der Waals surface area (Å²) in [6.45, 7) is 3.04. The molecule has 2 fully saturated rings. The summed E-state index contributed by atoms with van der Waals surface area (Å²) in [6.07, 6.45) is 4.64. The Hall–Kier alpha value is -1.75. The van der Waals surface area contributed by atoms with E-state index in [2.05, 4.69) is 10.6 Å². The molecule has 2 amide bonds. The predicted octanol–water partition coefficient (Wildman–Crippen LogP) is 2.44. The Morgan fingerprint density at radius 1 is 1.30 bits per heavy atom. The SMILES string of the molecule is CC(CO)(NC(=O)NCc1ccccc1OCC1CC1)C1CC1. The maximum Gasteiger partial charge on any atom is 0.315 e. The summed E-state index contributed by atoms with van der Waals surface area (Å²) in [7, 11) is 0. The number of aliphatic hydroxyl groups is 1. The van der Waals surface area contributed by atoms with E-state index in [0.717, 1.165) is 30.8 Å². The van der Waals surface area contributed by atoms with Gasteiger partial charge in [-0.2, -0.15) is 0 Å². The zero-order chi connectivity index (χ0) is 16.3. The van der Waals surface area contributed by atoms with Crippen LogP contribution in [0.15, 0.2) is 24.3 Å². The lowest BCUT2D eigenvalue weighted by Gasteiger charge is -2.28. The Labute approximate surface area is 137 Å². The molecule has 3 rings (SSSR count). The molecule has 0 aromatic heterocycles. The molecule has 1 aromatic carbocycles. The summed E-state index contributed by atoms with van der Waals surface area (Å²) in [5.74, 6) is 1.92. The molecule has 5 heteroatoms. The number of hydrogen-bond acceptors (Lipinski definition) is 3. The normalized spacial score (nSPS) is 19.7. The molecular weight excluding hydrogens is 292 g/mol. The highest BCUT2D eigenvalue weighted by atomic mass is 16.5. The number of carbonyl (C=O) groups excluding carboxylic acids is 1. The van der Waals surface area contributed by atoms with Gasteiger partial charge < -0.3 is 20.5 Å². The summed E-state index contributed by atoms with van der Waals surface area (Å²) in [6, 6.07) is 7.56. The molecule has 0 spiro atoms. The van der Waals surface area contributed by atoms with E-state index < -0.39 is 5.54 Å². The predicted molar refractivity (Wildman–Crippen MR) is 88.2 cm³/mol. The maximum atomic E-state index is 12.1. The Balaban J connectivity index is 1.51. The first-order chi connectivity index (χ1) is 11.1. The zero-order valence-electron chi connectivity index (χ0n) is 13.7. The Kier molecular flexibility index (Phi) is 4.76. The third-order valence-corrected chi connectivity index (χ3v) is 4.79. The second-order valence-electron chi connectivity index (χ2n) is 7.02. The van der Waals surface area contributed by atoms with Gasteiger partial charge >= 0.3 is 6.03 Å². The minimum atomic E-state index is -0.522. The average Bonchev–Trinajstić information content (AvgIpc) is 3.43. The lowest BCUT2D eigenvalue weighted by molar-refractivity contribution is 0.155. The first kappa shape index (κ1) is 16.1. The fourth-order valence-electron chi connectivity index (χ4n) is 2.75. The van der Waals surface area contributed by atoms with Gasteiger partial charge in [-0.05, 0) is 50.5 Å². The van der Waals surface area contributed by atoms with Crippen molar-refractivity contribution < 1.29 is 14.6 Å². The van der Waals surface area contributed by atoms with E-state index in [1.54, 1.807) is 0 Å². The Morgan fingerprint density at radius 2 is 2.04 bits per heavy atom. The number of amides is 2. The second kappa shape index (κ2) is 6.79. The molecule has 2 saturated carbocycles. The summed E-state index contributed by atoms with van der Waals surface area (Å²) >= 11 is 0. The summed E-state index contributed by atoms with van der Waals surface area (Å²) in [4.78, 5) is 12.1. The molecular formula is C18H26N2O3. The number of ether oxygens (including phenoxy) is 1. The van der Waals surface area contributed by atoms with Gasteiger partial charge in [-0.15, -0.1) is 0 Å². The van der Waals surface area contributed by atoms with E-state index in [1.165, 1.54) is 12.8 Å². The van der Waals surface area contributed by atoms with Crippen molar-refractivity contribution in [2.24, 2.45) is 11.8 Å². The van der Waals surface area contributed by atoms with E-state index >= 15 is 0 Å². The molecule has 126 valence electrons.